The number of methoxy groups -OCH3 is 1. The van der Waals surface area contributed by atoms with E-state index in [0.717, 1.165) is 32.4 Å². The van der Waals surface area contributed by atoms with Crippen LogP contribution >= 0.6 is 11.3 Å². The summed E-state index contributed by atoms with van der Waals surface area (Å²) in [5.41, 5.74) is 10.2. The number of benzene rings is 2. The van der Waals surface area contributed by atoms with E-state index >= 15 is 0 Å². The summed E-state index contributed by atoms with van der Waals surface area (Å²) in [6, 6.07) is 18.2. The highest BCUT2D eigenvalue weighted by atomic mass is 32.1. The Labute approximate surface area is 128 Å². The molecule has 0 saturated heterocycles. The van der Waals surface area contributed by atoms with Crippen molar-refractivity contribution < 1.29 is 4.74 Å². The second-order valence-corrected chi connectivity index (χ2v) is 5.76. The summed E-state index contributed by atoms with van der Waals surface area (Å²) < 4.78 is 5.17. The van der Waals surface area contributed by atoms with Crippen molar-refractivity contribution in [2.75, 3.05) is 12.8 Å². The number of ether oxygens (including phenoxy) is 1. The fourth-order valence-electron chi connectivity index (χ4n) is 2.22. The van der Waals surface area contributed by atoms with Crippen molar-refractivity contribution in [1.29, 1.82) is 0 Å². The maximum atomic E-state index is 6.16. The van der Waals surface area contributed by atoms with E-state index < -0.39 is 0 Å². The molecule has 3 aromatic rings. The van der Waals surface area contributed by atoms with E-state index in [4.69, 9.17) is 15.5 Å². The van der Waals surface area contributed by atoms with Gasteiger partial charge in [0.25, 0.3) is 0 Å². The van der Waals surface area contributed by atoms with Gasteiger partial charge in [0.05, 0.1) is 6.61 Å². The van der Waals surface area contributed by atoms with Gasteiger partial charge in [-0.1, -0.05) is 59.9 Å². The molecule has 0 fully saturated rings. The van der Waals surface area contributed by atoms with Crippen LogP contribution in [0, 0.1) is 0 Å². The SMILES string of the molecule is COCc1cccc(-c2nc(-c3ccccc3)sc2N)c1. The molecule has 4 heteroatoms. The van der Waals surface area contributed by atoms with Gasteiger partial charge in [0, 0.05) is 18.2 Å². The summed E-state index contributed by atoms with van der Waals surface area (Å²) in [4.78, 5) is 4.70. The van der Waals surface area contributed by atoms with Crippen LogP contribution in [0.1, 0.15) is 5.56 Å². The Morgan fingerprint density at radius 1 is 1.05 bits per heavy atom. The molecule has 3 nitrogen and oxygen atoms in total. The van der Waals surface area contributed by atoms with E-state index in [2.05, 4.69) is 6.07 Å². The molecule has 1 aromatic heterocycles. The third kappa shape index (κ3) is 2.96. The van der Waals surface area contributed by atoms with Crippen LogP contribution < -0.4 is 5.73 Å². The lowest BCUT2D eigenvalue weighted by atomic mass is 10.1. The standard InChI is InChI=1S/C17H16N2OS/c1-20-11-12-6-5-9-14(10-12)15-16(18)21-17(19-15)13-7-3-2-4-8-13/h2-10H,11,18H2,1H3. The van der Waals surface area contributed by atoms with E-state index in [1.54, 1.807) is 7.11 Å². The molecule has 21 heavy (non-hydrogen) atoms. The first kappa shape index (κ1) is 13.8. The highest BCUT2D eigenvalue weighted by molar-refractivity contribution is 7.19. The van der Waals surface area contributed by atoms with E-state index in [-0.39, 0.29) is 0 Å². The zero-order chi connectivity index (χ0) is 14.7. The summed E-state index contributed by atoms with van der Waals surface area (Å²) >= 11 is 1.52. The average Bonchev–Trinajstić information content (AvgIpc) is 2.91. The molecule has 106 valence electrons. The Balaban J connectivity index is 2.00. The van der Waals surface area contributed by atoms with Gasteiger partial charge in [0.1, 0.15) is 15.7 Å². The summed E-state index contributed by atoms with van der Waals surface area (Å²) in [6.45, 7) is 0.587. The predicted octanol–water partition coefficient (Wildman–Crippen LogP) is 4.21. The van der Waals surface area contributed by atoms with Gasteiger partial charge in [-0.05, 0) is 11.6 Å². The van der Waals surface area contributed by atoms with Gasteiger partial charge < -0.3 is 10.5 Å². The van der Waals surface area contributed by atoms with Gasteiger partial charge in [0.15, 0.2) is 0 Å². The molecule has 1 heterocycles. The van der Waals surface area contributed by atoms with Crippen LogP contribution in [0.2, 0.25) is 0 Å². The first-order chi connectivity index (χ1) is 10.3. The predicted molar refractivity (Wildman–Crippen MR) is 88.1 cm³/mol. The van der Waals surface area contributed by atoms with E-state index in [9.17, 15) is 0 Å². The number of nitrogen functional groups attached to an aromatic ring is 1. The molecule has 0 spiro atoms. The van der Waals surface area contributed by atoms with Gasteiger partial charge in [-0.15, -0.1) is 0 Å². The number of rotatable bonds is 4. The van der Waals surface area contributed by atoms with Crippen LogP contribution in [0.4, 0.5) is 5.00 Å². The number of thiazole rings is 1. The van der Waals surface area contributed by atoms with Crippen LogP contribution in [-0.4, -0.2) is 12.1 Å². The normalized spacial score (nSPS) is 10.7. The largest absolute Gasteiger partial charge is 0.389 e. The topological polar surface area (TPSA) is 48.1 Å². The van der Waals surface area contributed by atoms with E-state index in [0.29, 0.717) is 6.61 Å². The van der Waals surface area contributed by atoms with Gasteiger partial charge in [-0.2, -0.15) is 0 Å². The molecule has 0 amide bonds. The van der Waals surface area contributed by atoms with Crippen LogP contribution in [0.15, 0.2) is 54.6 Å². The molecule has 0 aliphatic heterocycles. The maximum absolute atomic E-state index is 6.16. The number of nitrogens with zero attached hydrogens (tertiary/aromatic N) is 1. The molecule has 2 N–H and O–H groups in total. The van der Waals surface area contributed by atoms with Crippen molar-refractivity contribution in [3.8, 4) is 21.8 Å². The summed E-state index contributed by atoms with van der Waals surface area (Å²) in [6.07, 6.45) is 0. The Kier molecular flexibility index (Phi) is 3.99. The summed E-state index contributed by atoms with van der Waals surface area (Å²) in [7, 11) is 1.69. The number of hydrogen-bond acceptors (Lipinski definition) is 4. The molecule has 2 aromatic carbocycles. The zero-order valence-electron chi connectivity index (χ0n) is 11.7. The Morgan fingerprint density at radius 3 is 2.57 bits per heavy atom. The van der Waals surface area contributed by atoms with Crippen LogP contribution in [-0.2, 0) is 11.3 Å². The number of anilines is 1. The second kappa shape index (κ2) is 6.08. The third-order valence-corrected chi connectivity index (χ3v) is 4.12. The van der Waals surface area contributed by atoms with Crippen LogP contribution in [0.5, 0.6) is 0 Å². The molecule has 0 aliphatic carbocycles. The third-order valence-electron chi connectivity index (χ3n) is 3.19. The van der Waals surface area contributed by atoms with Crippen LogP contribution in [0.25, 0.3) is 21.8 Å². The molecule has 0 saturated carbocycles. The lowest BCUT2D eigenvalue weighted by molar-refractivity contribution is 0.185. The number of aromatic nitrogens is 1. The molecule has 0 aliphatic rings. The Hall–Kier alpha value is -2.17. The first-order valence-corrected chi connectivity index (χ1v) is 7.49. The minimum absolute atomic E-state index is 0.587. The van der Waals surface area contributed by atoms with Gasteiger partial charge in [0.2, 0.25) is 0 Å². The molecule has 0 radical (unpaired) electrons. The fraction of sp³-hybridized carbons (Fsp3) is 0.118. The summed E-state index contributed by atoms with van der Waals surface area (Å²) in [5.74, 6) is 0. The number of hydrogen-bond donors (Lipinski definition) is 1. The lowest BCUT2D eigenvalue weighted by Crippen LogP contribution is -1.90. The zero-order valence-corrected chi connectivity index (χ0v) is 12.6. The monoisotopic (exact) mass is 296 g/mol. The second-order valence-electron chi connectivity index (χ2n) is 4.73. The average molecular weight is 296 g/mol. The van der Waals surface area contributed by atoms with Crippen LogP contribution in [0.3, 0.4) is 0 Å². The molecule has 0 bridgehead atoms. The van der Waals surface area contributed by atoms with Crippen molar-refractivity contribution in [3.05, 3.63) is 60.2 Å². The van der Waals surface area contributed by atoms with Gasteiger partial charge in [-0.3, -0.25) is 0 Å². The van der Waals surface area contributed by atoms with Gasteiger partial charge in [-0.25, -0.2) is 4.98 Å². The van der Waals surface area contributed by atoms with E-state index in [1.165, 1.54) is 11.3 Å². The van der Waals surface area contributed by atoms with Crippen molar-refractivity contribution in [2.45, 2.75) is 6.61 Å². The van der Waals surface area contributed by atoms with Gasteiger partial charge >= 0.3 is 0 Å². The number of nitrogens with two attached hydrogens (primary N) is 1. The Bertz CT molecular complexity index is 738. The lowest BCUT2D eigenvalue weighted by Gasteiger charge is -2.03. The molecule has 3 rings (SSSR count). The highest BCUT2D eigenvalue weighted by Gasteiger charge is 2.12. The first-order valence-electron chi connectivity index (χ1n) is 6.68. The summed E-state index contributed by atoms with van der Waals surface area (Å²) in [5, 5.41) is 1.68. The van der Waals surface area contributed by atoms with Crippen molar-refractivity contribution >= 4 is 16.3 Å². The molecular formula is C17H16N2OS. The molecule has 0 atom stereocenters. The molecular weight excluding hydrogens is 280 g/mol. The van der Waals surface area contributed by atoms with Crippen molar-refractivity contribution in [1.82, 2.24) is 4.98 Å². The maximum Gasteiger partial charge on any atom is 0.126 e. The van der Waals surface area contributed by atoms with Crippen molar-refractivity contribution in [2.24, 2.45) is 0 Å². The quantitative estimate of drug-likeness (QED) is 0.784. The molecule has 0 unspecified atom stereocenters. The van der Waals surface area contributed by atoms with Crippen molar-refractivity contribution in [3.63, 3.8) is 0 Å². The van der Waals surface area contributed by atoms with E-state index in [1.807, 2.05) is 48.5 Å². The Morgan fingerprint density at radius 2 is 1.81 bits per heavy atom. The smallest absolute Gasteiger partial charge is 0.126 e. The fourth-order valence-corrected chi connectivity index (χ4v) is 3.08. The minimum atomic E-state index is 0.587. The minimum Gasteiger partial charge on any atom is -0.389 e. The highest BCUT2D eigenvalue weighted by Crippen LogP contribution is 2.35.